The highest BCUT2D eigenvalue weighted by Gasteiger charge is 2.18. The summed E-state index contributed by atoms with van der Waals surface area (Å²) in [6.45, 7) is 1.93. The summed E-state index contributed by atoms with van der Waals surface area (Å²) in [5.74, 6) is 6.98. The van der Waals surface area contributed by atoms with E-state index in [1.165, 1.54) is 5.56 Å². The van der Waals surface area contributed by atoms with Crippen molar-refractivity contribution in [3.05, 3.63) is 35.4 Å². The predicted molar refractivity (Wildman–Crippen MR) is 70.9 cm³/mol. The molecule has 17 heavy (non-hydrogen) atoms. The van der Waals surface area contributed by atoms with E-state index in [1.54, 1.807) is 0 Å². The van der Waals surface area contributed by atoms with Crippen LogP contribution in [0, 0.1) is 11.8 Å². The Kier molecular flexibility index (Phi) is 4.93. The van der Waals surface area contributed by atoms with Gasteiger partial charge in [0.25, 0.3) is 0 Å². The third-order valence-electron chi connectivity index (χ3n) is 2.52. The maximum atomic E-state index is 8.62. The summed E-state index contributed by atoms with van der Waals surface area (Å²) in [5.41, 5.74) is 2.34. The number of benzene rings is 1. The molecule has 2 rings (SSSR count). The lowest BCUT2D eigenvalue weighted by molar-refractivity contribution is 0.0455. The molecule has 1 saturated heterocycles. The number of rotatable bonds is 4. The van der Waals surface area contributed by atoms with Gasteiger partial charge in [-0.3, -0.25) is 0 Å². The van der Waals surface area contributed by atoms with E-state index < -0.39 is 0 Å². The molecule has 0 aromatic heterocycles. The first-order valence-electron chi connectivity index (χ1n) is 5.76. The van der Waals surface area contributed by atoms with E-state index in [0.717, 1.165) is 24.5 Å². The molecule has 90 valence electrons. The quantitative estimate of drug-likeness (QED) is 0.827. The van der Waals surface area contributed by atoms with Crippen molar-refractivity contribution in [1.82, 2.24) is 0 Å². The van der Waals surface area contributed by atoms with Crippen molar-refractivity contribution in [3.63, 3.8) is 0 Å². The van der Waals surface area contributed by atoms with Crippen LogP contribution in [0.3, 0.4) is 0 Å². The number of ether oxygens (including phenoxy) is 1. The Morgan fingerprint density at radius 3 is 2.65 bits per heavy atom. The fourth-order valence-corrected chi connectivity index (χ4v) is 2.43. The smallest absolute Gasteiger partial charge is 0.0608 e. The zero-order valence-corrected chi connectivity index (χ0v) is 10.5. The minimum absolute atomic E-state index is 0.130. The van der Waals surface area contributed by atoms with Gasteiger partial charge in [0, 0.05) is 17.7 Å². The summed E-state index contributed by atoms with van der Waals surface area (Å²) < 4.78 is 5.14. The normalized spacial score (nSPS) is 14.9. The highest BCUT2D eigenvalue weighted by molar-refractivity contribution is 7.99. The second kappa shape index (κ2) is 6.70. The first-order valence-corrected chi connectivity index (χ1v) is 6.81. The van der Waals surface area contributed by atoms with Crippen molar-refractivity contribution < 1.29 is 9.84 Å². The zero-order chi connectivity index (χ0) is 11.9. The monoisotopic (exact) mass is 248 g/mol. The first kappa shape index (κ1) is 12.5. The molecule has 1 aromatic rings. The highest BCUT2D eigenvalue weighted by atomic mass is 32.2. The van der Waals surface area contributed by atoms with Crippen LogP contribution in [0.4, 0.5) is 0 Å². The van der Waals surface area contributed by atoms with Crippen molar-refractivity contribution in [2.45, 2.75) is 17.4 Å². The van der Waals surface area contributed by atoms with E-state index in [0.29, 0.717) is 11.7 Å². The van der Waals surface area contributed by atoms with E-state index in [2.05, 4.69) is 24.0 Å². The third kappa shape index (κ3) is 4.08. The molecular formula is C14H16O2S. The Balaban J connectivity index is 1.82. The topological polar surface area (TPSA) is 29.5 Å². The molecule has 1 aliphatic heterocycles. The number of thioether (sulfide) groups is 1. The van der Waals surface area contributed by atoms with Gasteiger partial charge in [-0.2, -0.15) is 0 Å². The van der Waals surface area contributed by atoms with Crippen LogP contribution in [0.15, 0.2) is 24.3 Å². The summed E-state index contributed by atoms with van der Waals surface area (Å²) in [4.78, 5) is 0. The molecule has 0 amide bonds. The molecule has 1 aliphatic rings. The average molecular weight is 248 g/mol. The molecule has 1 heterocycles. The molecule has 3 heteroatoms. The fourth-order valence-electron chi connectivity index (χ4n) is 1.43. The Morgan fingerprint density at radius 2 is 2.06 bits per heavy atom. The molecule has 1 fully saturated rings. The summed E-state index contributed by atoms with van der Waals surface area (Å²) >= 11 is 1.95. The van der Waals surface area contributed by atoms with Gasteiger partial charge >= 0.3 is 0 Å². The van der Waals surface area contributed by atoms with Crippen LogP contribution >= 0.6 is 11.8 Å². The van der Waals surface area contributed by atoms with Gasteiger partial charge in [0.05, 0.1) is 25.1 Å². The van der Waals surface area contributed by atoms with Gasteiger partial charge in [0.15, 0.2) is 0 Å². The first-order chi connectivity index (χ1) is 8.38. The molecule has 0 saturated carbocycles. The van der Waals surface area contributed by atoms with Crippen LogP contribution in [-0.4, -0.2) is 30.2 Å². The second-order valence-electron chi connectivity index (χ2n) is 3.94. The minimum atomic E-state index is 0.130. The summed E-state index contributed by atoms with van der Waals surface area (Å²) in [5, 5.41) is 9.30. The summed E-state index contributed by atoms with van der Waals surface area (Å²) in [6, 6.07) is 8.32. The van der Waals surface area contributed by atoms with Gasteiger partial charge in [-0.25, -0.2) is 0 Å². The molecule has 0 spiro atoms. The van der Waals surface area contributed by atoms with Gasteiger partial charge in [0.1, 0.15) is 0 Å². The Hall–Kier alpha value is -0.950. The van der Waals surface area contributed by atoms with Crippen LogP contribution in [-0.2, 0) is 10.5 Å². The van der Waals surface area contributed by atoms with Crippen LogP contribution in [0.5, 0.6) is 0 Å². The molecular weight excluding hydrogens is 232 g/mol. The lowest BCUT2D eigenvalue weighted by atomic mass is 10.1. The summed E-state index contributed by atoms with van der Waals surface area (Å²) in [7, 11) is 0. The van der Waals surface area contributed by atoms with Crippen molar-refractivity contribution >= 4 is 11.8 Å². The van der Waals surface area contributed by atoms with E-state index >= 15 is 0 Å². The van der Waals surface area contributed by atoms with Gasteiger partial charge < -0.3 is 9.84 Å². The predicted octanol–water partition coefficient (Wildman–Crippen LogP) is 2.05. The standard InChI is InChI=1S/C14H16O2S/c15-8-2-1-3-12-4-6-13(7-5-12)11-17-14-9-16-10-14/h4-7,14-15H,2,8-11H2. The van der Waals surface area contributed by atoms with Gasteiger partial charge in [-0.15, -0.1) is 11.8 Å². The average Bonchev–Trinajstić information content (AvgIpc) is 2.29. The van der Waals surface area contributed by atoms with Crippen molar-refractivity contribution in [1.29, 1.82) is 0 Å². The maximum absolute atomic E-state index is 8.62. The number of hydrogen-bond acceptors (Lipinski definition) is 3. The van der Waals surface area contributed by atoms with E-state index in [4.69, 9.17) is 9.84 Å². The van der Waals surface area contributed by atoms with E-state index in [1.807, 2.05) is 23.9 Å². The molecule has 2 nitrogen and oxygen atoms in total. The van der Waals surface area contributed by atoms with Crippen LogP contribution in [0.1, 0.15) is 17.5 Å². The van der Waals surface area contributed by atoms with E-state index in [-0.39, 0.29) is 6.61 Å². The highest BCUT2D eigenvalue weighted by Crippen LogP contribution is 2.23. The van der Waals surface area contributed by atoms with Gasteiger partial charge in [-0.1, -0.05) is 24.0 Å². The SMILES string of the molecule is OCCC#Cc1ccc(CSC2COC2)cc1. The van der Waals surface area contributed by atoms with Crippen molar-refractivity contribution in [2.75, 3.05) is 19.8 Å². The van der Waals surface area contributed by atoms with Crippen molar-refractivity contribution in [2.24, 2.45) is 0 Å². The number of aliphatic hydroxyl groups is 1. The van der Waals surface area contributed by atoms with Gasteiger partial charge in [-0.05, 0) is 17.7 Å². The molecule has 0 bridgehead atoms. The molecule has 1 N–H and O–H groups in total. The maximum Gasteiger partial charge on any atom is 0.0608 e. The second-order valence-corrected chi connectivity index (χ2v) is 5.23. The summed E-state index contributed by atoms with van der Waals surface area (Å²) in [6.07, 6.45) is 0.541. The Labute approximate surface area is 106 Å². The fraction of sp³-hybridized carbons (Fsp3) is 0.429. The van der Waals surface area contributed by atoms with Crippen molar-refractivity contribution in [3.8, 4) is 11.8 Å². The van der Waals surface area contributed by atoms with Crippen LogP contribution in [0.25, 0.3) is 0 Å². The molecule has 0 atom stereocenters. The van der Waals surface area contributed by atoms with Gasteiger partial charge in [0.2, 0.25) is 0 Å². The molecule has 0 aliphatic carbocycles. The lowest BCUT2D eigenvalue weighted by Crippen LogP contribution is -2.30. The third-order valence-corrected chi connectivity index (χ3v) is 3.76. The van der Waals surface area contributed by atoms with Crippen LogP contribution < -0.4 is 0 Å². The molecule has 0 unspecified atom stereocenters. The largest absolute Gasteiger partial charge is 0.395 e. The zero-order valence-electron chi connectivity index (χ0n) is 9.69. The molecule has 1 aromatic carbocycles. The van der Waals surface area contributed by atoms with Crippen LogP contribution in [0.2, 0.25) is 0 Å². The molecule has 0 radical (unpaired) electrons. The number of aliphatic hydroxyl groups excluding tert-OH is 1. The Morgan fingerprint density at radius 1 is 1.29 bits per heavy atom. The Bertz CT molecular complexity index is 398. The number of hydrogen-bond donors (Lipinski definition) is 1. The van der Waals surface area contributed by atoms with E-state index in [9.17, 15) is 0 Å². The minimum Gasteiger partial charge on any atom is -0.395 e. The lowest BCUT2D eigenvalue weighted by Gasteiger charge is -2.25.